The quantitative estimate of drug-likeness (QED) is 0.372. The molecule has 2 fully saturated rings. The molecule has 0 radical (unpaired) electrons. The summed E-state index contributed by atoms with van der Waals surface area (Å²) in [6.07, 6.45) is 11.6. The summed E-state index contributed by atoms with van der Waals surface area (Å²) in [6, 6.07) is 6.11. The zero-order chi connectivity index (χ0) is 26.6. The lowest BCUT2D eigenvalue weighted by atomic mass is 9.64. The van der Waals surface area contributed by atoms with Crippen molar-refractivity contribution in [3.8, 4) is 28.7 Å². The van der Waals surface area contributed by atoms with Crippen LogP contribution in [0.5, 0.6) is 5.88 Å². The van der Waals surface area contributed by atoms with Crippen LogP contribution in [0.4, 0.5) is 0 Å². The van der Waals surface area contributed by atoms with Crippen LogP contribution in [0.3, 0.4) is 0 Å². The molecule has 0 unspecified atom stereocenters. The fourth-order valence-corrected chi connectivity index (χ4v) is 6.89. The van der Waals surface area contributed by atoms with Gasteiger partial charge in [-0.05, 0) is 77.6 Å². The smallest absolute Gasteiger partial charge is 0.217 e. The zero-order valence-corrected chi connectivity index (χ0v) is 22.5. The van der Waals surface area contributed by atoms with Gasteiger partial charge in [0.15, 0.2) is 5.65 Å². The second-order valence-corrected chi connectivity index (χ2v) is 11.3. The van der Waals surface area contributed by atoms with E-state index in [1.807, 2.05) is 24.4 Å². The minimum Gasteiger partial charge on any atom is -0.473 e. The molecular formula is C29H33N7O3. The summed E-state index contributed by atoms with van der Waals surface area (Å²) in [4.78, 5) is 29.6. The van der Waals surface area contributed by atoms with Crippen LogP contribution in [0, 0.1) is 0 Å². The Labute approximate surface area is 226 Å². The highest BCUT2D eigenvalue weighted by Crippen LogP contribution is 2.47. The highest BCUT2D eigenvalue weighted by molar-refractivity contribution is 5.91. The number of ketones is 1. The van der Waals surface area contributed by atoms with E-state index in [9.17, 15) is 4.79 Å². The van der Waals surface area contributed by atoms with Crippen LogP contribution in [0.15, 0.2) is 35.2 Å². The number of hydrogen-bond donors (Lipinski definition) is 0. The van der Waals surface area contributed by atoms with Gasteiger partial charge in [-0.2, -0.15) is 10.1 Å². The van der Waals surface area contributed by atoms with Gasteiger partial charge in [0.2, 0.25) is 17.5 Å². The second-order valence-electron chi connectivity index (χ2n) is 11.3. The Morgan fingerprint density at radius 1 is 1.13 bits per heavy atom. The van der Waals surface area contributed by atoms with Gasteiger partial charge in [-0.1, -0.05) is 11.6 Å². The fourth-order valence-electron chi connectivity index (χ4n) is 6.89. The van der Waals surface area contributed by atoms with E-state index < -0.39 is 5.41 Å². The van der Waals surface area contributed by atoms with Crippen molar-refractivity contribution in [3.05, 3.63) is 42.0 Å². The summed E-state index contributed by atoms with van der Waals surface area (Å²) >= 11 is 0. The van der Waals surface area contributed by atoms with Crippen LogP contribution >= 0.6 is 0 Å². The third-order valence-corrected chi connectivity index (χ3v) is 8.97. The largest absolute Gasteiger partial charge is 0.473 e. The number of hydrogen-bond acceptors (Lipinski definition) is 9. The lowest BCUT2D eigenvalue weighted by Crippen LogP contribution is -2.41. The molecule has 39 heavy (non-hydrogen) atoms. The predicted molar refractivity (Wildman–Crippen MR) is 143 cm³/mol. The van der Waals surface area contributed by atoms with Crippen molar-refractivity contribution in [2.75, 3.05) is 13.6 Å². The number of likely N-dealkylation sites (tertiary alicyclic amines) is 1. The minimum absolute atomic E-state index is 0.0427. The van der Waals surface area contributed by atoms with Crippen molar-refractivity contribution in [1.29, 1.82) is 0 Å². The Bertz CT molecular complexity index is 1540. The SMILES string of the molecule is C[C@H](Oc1cc(-c2ccn3ncnc3c2)nc(-c2onc3c2CCC[C@@]32CCCCC2=O)n1)[C@@H]1CCCN1C. The second kappa shape index (κ2) is 9.51. The zero-order valence-electron chi connectivity index (χ0n) is 22.5. The lowest BCUT2D eigenvalue weighted by Gasteiger charge is -2.37. The average molecular weight is 528 g/mol. The van der Waals surface area contributed by atoms with Gasteiger partial charge in [-0.25, -0.2) is 14.5 Å². The van der Waals surface area contributed by atoms with E-state index in [1.54, 1.807) is 4.52 Å². The van der Waals surface area contributed by atoms with E-state index in [1.165, 1.54) is 6.33 Å². The minimum atomic E-state index is -0.523. The van der Waals surface area contributed by atoms with Gasteiger partial charge in [0.1, 0.15) is 23.9 Å². The van der Waals surface area contributed by atoms with E-state index >= 15 is 0 Å². The Hall–Kier alpha value is -3.66. The third-order valence-electron chi connectivity index (χ3n) is 8.97. The average Bonchev–Trinajstić information content (AvgIpc) is 3.69. The number of nitrogens with zero attached hydrogens (tertiary/aromatic N) is 7. The van der Waals surface area contributed by atoms with Gasteiger partial charge >= 0.3 is 0 Å². The van der Waals surface area contributed by atoms with E-state index in [-0.39, 0.29) is 6.10 Å². The van der Waals surface area contributed by atoms with Crippen molar-refractivity contribution in [2.24, 2.45) is 0 Å². The molecule has 4 aromatic rings. The Morgan fingerprint density at radius 2 is 2.03 bits per heavy atom. The van der Waals surface area contributed by atoms with Gasteiger partial charge in [0.25, 0.3) is 0 Å². The number of carbonyl (C=O) groups is 1. The number of aromatic nitrogens is 6. The first-order chi connectivity index (χ1) is 19.0. The van der Waals surface area contributed by atoms with Crippen molar-refractivity contribution in [3.63, 3.8) is 0 Å². The van der Waals surface area contributed by atoms with Crippen LogP contribution in [0.1, 0.15) is 69.5 Å². The molecule has 1 saturated heterocycles. The first kappa shape index (κ1) is 24.4. The molecule has 0 amide bonds. The summed E-state index contributed by atoms with van der Waals surface area (Å²) in [5.41, 5.74) is 3.56. The molecule has 0 N–H and O–H groups in total. The molecule has 1 saturated carbocycles. The number of Topliss-reactive ketones (excluding diaryl/α,β-unsaturated/α-hetero) is 1. The molecular weight excluding hydrogens is 494 g/mol. The number of likely N-dealkylation sites (N-methyl/N-ethyl adjacent to an activating group) is 1. The number of ether oxygens (including phenoxy) is 1. The number of rotatable bonds is 5. The van der Waals surface area contributed by atoms with Crippen LogP contribution < -0.4 is 4.74 Å². The van der Waals surface area contributed by atoms with E-state index in [2.05, 4.69) is 34.1 Å². The normalized spacial score (nSPS) is 24.4. The van der Waals surface area contributed by atoms with E-state index in [4.69, 9.17) is 19.2 Å². The van der Waals surface area contributed by atoms with Crippen molar-refractivity contribution in [1.82, 2.24) is 34.6 Å². The molecule has 3 aliphatic rings. The molecule has 2 aliphatic carbocycles. The number of pyridine rings is 1. The van der Waals surface area contributed by atoms with Gasteiger partial charge in [0.05, 0.1) is 11.1 Å². The standard InChI is InChI=1S/C29H33N7O3/c1-18(22-8-6-13-35(22)2)38-25-16-21(19-10-14-36-24(15-19)30-17-31-36)32-28(33-25)26-20-7-5-12-29(27(20)34-39-26)11-4-3-9-23(29)37/h10,14-18,22H,3-9,11-13H2,1-2H3/t18-,22-,29+/m0/s1. The topological polar surface area (TPSA) is 112 Å². The molecule has 10 heteroatoms. The Morgan fingerprint density at radius 3 is 2.87 bits per heavy atom. The van der Waals surface area contributed by atoms with Gasteiger partial charge in [0, 0.05) is 35.9 Å². The van der Waals surface area contributed by atoms with Crippen LogP contribution in [-0.4, -0.2) is 66.1 Å². The van der Waals surface area contributed by atoms with Crippen LogP contribution in [0.2, 0.25) is 0 Å². The summed E-state index contributed by atoms with van der Waals surface area (Å²) in [7, 11) is 2.14. The molecule has 7 rings (SSSR count). The fraction of sp³-hybridized carbons (Fsp3) is 0.517. The molecule has 5 heterocycles. The van der Waals surface area contributed by atoms with Crippen LogP contribution in [0.25, 0.3) is 28.5 Å². The number of carbonyl (C=O) groups excluding carboxylic acids is 1. The molecule has 0 bridgehead atoms. The summed E-state index contributed by atoms with van der Waals surface area (Å²) in [6.45, 7) is 3.17. The van der Waals surface area contributed by atoms with Crippen molar-refractivity contribution in [2.45, 2.75) is 82.3 Å². The summed E-state index contributed by atoms with van der Waals surface area (Å²) in [5, 5.41) is 8.72. The maximum Gasteiger partial charge on any atom is 0.217 e. The van der Waals surface area contributed by atoms with Gasteiger partial charge < -0.3 is 9.26 Å². The Kier molecular flexibility index (Phi) is 5.95. The van der Waals surface area contributed by atoms with Crippen molar-refractivity contribution < 1.29 is 14.1 Å². The van der Waals surface area contributed by atoms with Crippen molar-refractivity contribution >= 4 is 11.4 Å². The molecule has 10 nitrogen and oxygen atoms in total. The summed E-state index contributed by atoms with van der Waals surface area (Å²) < 4.78 is 14.2. The van der Waals surface area contributed by atoms with E-state index in [0.717, 1.165) is 80.4 Å². The van der Waals surface area contributed by atoms with Gasteiger partial charge in [-0.15, -0.1) is 0 Å². The maximum atomic E-state index is 13.2. The first-order valence-corrected chi connectivity index (χ1v) is 14.1. The third kappa shape index (κ3) is 4.12. The van der Waals surface area contributed by atoms with Gasteiger partial charge in [-0.3, -0.25) is 9.69 Å². The molecule has 1 spiro atoms. The monoisotopic (exact) mass is 527 g/mol. The Balaban J connectivity index is 1.32. The van der Waals surface area contributed by atoms with Crippen LogP contribution in [-0.2, 0) is 16.6 Å². The summed E-state index contributed by atoms with van der Waals surface area (Å²) in [5.74, 6) is 1.77. The first-order valence-electron chi connectivity index (χ1n) is 14.1. The molecule has 4 aromatic heterocycles. The molecule has 1 aliphatic heterocycles. The molecule has 3 atom stereocenters. The highest BCUT2D eigenvalue weighted by atomic mass is 16.5. The maximum absolute atomic E-state index is 13.2. The highest BCUT2D eigenvalue weighted by Gasteiger charge is 2.48. The predicted octanol–water partition coefficient (Wildman–Crippen LogP) is 4.42. The van der Waals surface area contributed by atoms with E-state index in [0.29, 0.717) is 41.4 Å². The lowest BCUT2D eigenvalue weighted by molar-refractivity contribution is -0.127. The number of fused-ring (bicyclic) bond motifs is 3. The molecule has 0 aromatic carbocycles. The molecule has 202 valence electrons.